The maximum Gasteiger partial charge on any atom is 0.305 e. The lowest BCUT2D eigenvalue weighted by molar-refractivity contribution is -0.387. The summed E-state index contributed by atoms with van der Waals surface area (Å²) in [7, 11) is 0. The summed E-state index contributed by atoms with van der Waals surface area (Å²) in [5, 5.41) is 13.8. The Morgan fingerprint density at radius 1 is 1.41 bits per heavy atom. The first-order valence-corrected chi connectivity index (χ1v) is 5.20. The van der Waals surface area contributed by atoms with E-state index in [1.807, 2.05) is 0 Å². The Bertz CT molecular complexity index is 602. The van der Waals surface area contributed by atoms with Crippen LogP contribution in [-0.2, 0) is 0 Å². The smallest absolute Gasteiger partial charge is 0.305 e. The van der Waals surface area contributed by atoms with Crippen molar-refractivity contribution in [2.45, 2.75) is 0 Å². The van der Waals surface area contributed by atoms with Crippen molar-refractivity contribution in [1.29, 1.82) is 0 Å². The first-order chi connectivity index (χ1) is 8.00. The number of nitrogens with zero attached hydrogens (tertiary/aromatic N) is 3. The fourth-order valence-corrected chi connectivity index (χ4v) is 1.50. The summed E-state index contributed by atoms with van der Waals surface area (Å²) in [5.74, 6) is -2.78. The molecule has 1 heterocycles. The van der Waals surface area contributed by atoms with E-state index in [1.54, 1.807) is 22.6 Å². The van der Waals surface area contributed by atoms with Crippen LogP contribution in [0, 0.1) is 25.6 Å². The van der Waals surface area contributed by atoms with E-state index >= 15 is 0 Å². The fourth-order valence-electron chi connectivity index (χ4n) is 1.19. The van der Waals surface area contributed by atoms with E-state index in [1.165, 1.54) is 0 Å². The molecule has 6 nitrogen and oxygen atoms in total. The molecule has 2 aromatic rings. The van der Waals surface area contributed by atoms with Crippen LogP contribution in [0.4, 0.5) is 14.5 Å². The molecule has 17 heavy (non-hydrogen) atoms. The lowest BCUT2D eigenvalue weighted by Crippen LogP contribution is -1.97. The summed E-state index contributed by atoms with van der Waals surface area (Å²) in [4.78, 5) is 13.1. The standard InChI is InChI=1S/C8H2F2IN3O3/c9-3-1-2-4(14(15)16)6(10)5(3)7-12-8(11)13-17-7/h1-2H. The number of halogens is 3. The summed E-state index contributed by atoms with van der Waals surface area (Å²) in [5.41, 5.74) is -1.55. The van der Waals surface area contributed by atoms with Crippen LogP contribution in [-0.4, -0.2) is 15.1 Å². The topological polar surface area (TPSA) is 82.1 Å². The molecule has 0 saturated carbocycles. The van der Waals surface area contributed by atoms with E-state index in [2.05, 4.69) is 14.7 Å². The van der Waals surface area contributed by atoms with Crippen molar-refractivity contribution in [3.8, 4) is 11.5 Å². The predicted molar refractivity (Wildman–Crippen MR) is 59.0 cm³/mol. The minimum absolute atomic E-state index is 0.142. The molecule has 0 aliphatic rings. The molecule has 0 aliphatic heterocycles. The predicted octanol–water partition coefficient (Wildman–Crippen LogP) is 2.53. The van der Waals surface area contributed by atoms with E-state index in [0.717, 1.165) is 12.1 Å². The number of rotatable bonds is 2. The Kier molecular flexibility index (Phi) is 3.00. The van der Waals surface area contributed by atoms with Crippen molar-refractivity contribution in [1.82, 2.24) is 10.1 Å². The van der Waals surface area contributed by atoms with Crippen LogP contribution in [0.5, 0.6) is 0 Å². The van der Waals surface area contributed by atoms with E-state index in [9.17, 15) is 18.9 Å². The number of nitro groups is 1. The largest absolute Gasteiger partial charge is 0.333 e. The van der Waals surface area contributed by atoms with Crippen molar-refractivity contribution in [3.05, 3.63) is 37.7 Å². The van der Waals surface area contributed by atoms with Gasteiger partial charge in [0.05, 0.1) is 4.92 Å². The van der Waals surface area contributed by atoms with Crippen molar-refractivity contribution in [2.24, 2.45) is 0 Å². The molecule has 0 saturated heterocycles. The summed E-state index contributed by atoms with van der Waals surface area (Å²) in [6.07, 6.45) is 0. The maximum absolute atomic E-state index is 13.7. The zero-order valence-corrected chi connectivity index (χ0v) is 10.0. The highest BCUT2D eigenvalue weighted by molar-refractivity contribution is 14.1. The van der Waals surface area contributed by atoms with E-state index in [4.69, 9.17) is 0 Å². The van der Waals surface area contributed by atoms with Gasteiger partial charge in [-0.25, -0.2) is 4.39 Å². The van der Waals surface area contributed by atoms with Gasteiger partial charge in [0, 0.05) is 28.7 Å². The monoisotopic (exact) mass is 353 g/mol. The lowest BCUT2D eigenvalue weighted by atomic mass is 10.1. The first kappa shape index (κ1) is 11.8. The molecule has 0 bridgehead atoms. The summed E-state index contributed by atoms with van der Waals surface area (Å²) < 4.78 is 31.8. The molecule has 1 aromatic heterocycles. The van der Waals surface area contributed by atoms with Crippen LogP contribution >= 0.6 is 22.6 Å². The average Bonchev–Trinajstić information content (AvgIpc) is 2.64. The zero-order chi connectivity index (χ0) is 12.6. The van der Waals surface area contributed by atoms with Gasteiger partial charge in [-0.05, 0) is 6.07 Å². The molecular formula is C8H2F2IN3O3. The number of benzene rings is 1. The third-order valence-electron chi connectivity index (χ3n) is 1.88. The first-order valence-electron chi connectivity index (χ1n) is 4.12. The highest BCUT2D eigenvalue weighted by Gasteiger charge is 2.26. The molecule has 0 amide bonds. The van der Waals surface area contributed by atoms with Gasteiger partial charge >= 0.3 is 5.69 Å². The summed E-state index contributed by atoms with van der Waals surface area (Å²) in [6, 6.07) is 1.50. The zero-order valence-electron chi connectivity index (χ0n) is 7.85. The fraction of sp³-hybridized carbons (Fsp3) is 0. The van der Waals surface area contributed by atoms with E-state index in [-0.39, 0.29) is 3.83 Å². The van der Waals surface area contributed by atoms with Gasteiger partial charge < -0.3 is 4.52 Å². The molecule has 0 unspecified atom stereocenters. The molecule has 0 atom stereocenters. The molecule has 0 aliphatic carbocycles. The number of aromatic nitrogens is 2. The normalized spacial score (nSPS) is 10.5. The minimum Gasteiger partial charge on any atom is -0.333 e. The third-order valence-corrected chi connectivity index (χ3v) is 2.32. The van der Waals surface area contributed by atoms with Gasteiger partial charge in [0.2, 0.25) is 9.65 Å². The lowest BCUT2D eigenvalue weighted by Gasteiger charge is -2.00. The Labute approximate surface area is 106 Å². The Morgan fingerprint density at radius 3 is 2.65 bits per heavy atom. The van der Waals surface area contributed by atoms with Gasteiger partial charge in [0.15, 0.2) is 0 Å². The van der Waals surface area contributed by atoms with Crippen LogP contribution < -0.4 is 0 Å². The average molecular weight is 353 g/mol. The van der Waals surface area contributed by atoms with Crippen LogP contribution in [0.1, 0.15) is 0 Å². The number of hydrogen-bond donors (Lipinski definition) is 0. The molecule has 0 N–H and O–H groups in total. The minimum atomic E-state index is -1.34. The van der Waals surface area contributed by atoms with Gasteiger partial charge in [-0.3, -0.25) is 10.1 Å². The van der Waals surface area contributed by atoms with Gasteiger partial charge in [-0.1, -0.05) is 5.16 Å². The Balaban J connectivity index is 2.68. The molecular weight excluding hydrogens is 351 g/mol. The second-order valence-corrected chi connectivity index (χ2v) is 3.85. The van der Waals surface area contributed by atoms with Gasteiger partial charge in [0.25, 0.3) is 5.89 Å². The van der Waals surface area contributed by atoms with Crippen molar-refractivity contribution < 1.29 is 18.2 Å². The third kappa shape index (κ3) is 2.09. The van der Waals surface area contributed by atoms with Crippen LogP contribution in [0.2, 0.25) is 0 Å². The van der Waals surface area contributed by atoms with Crippen LogP contribution in [0.3, 0.4) is 0 Å². The molecule has 9 heteroatoms. The molecule has 88 valence electrons. The Morgan fingerprint density at radius 2 is 2.12 bits per heavy atom. The van der Waals surface area contributed by atoms with E-state index < -0.39 is 33.7 Å². The number of hydrogen-bond acceptors (Lipinski definition) is 5. The van der Waals surface area contributed by atoms with Crippen molar-refractivity contribution >= 4 is 28.3 Å². The maximum atomic E-state index is 13.7. The van der Waals surface area contributed by atoms with Gasteiger partial charge in [-0.2, -0.15) is 9.37 Å². The molecule has 1 aromatic carbocycles. The van der Waals surface area contributed by atoms with Crippen LogP contribution in [0.25, 0.3) is 11.5 Å². The van der Waals surface area contributed by atoms with Gasteiger partial charge in [-0.15, -0.1) is 0 Å². The molecule has 0 radical (unpaired) electrons. The highest BCUT2D eigenvalue weighted by atomic mass is 127. The summed E-state index contributed by atoms with van der Waals surface area (Å²) in [6.45, 7) is 0. The Hall–Kier alpha value is -1.65. The second kappa shape index (κ2) is 4.31. The van der Waals surface area contributed by atoms with E-state index in [0.29, 0.717) is 0 Å². The van der Waals surface area contributed by atoms with Gasteiger partial charge in [0.1, 0.15) is 11.4 Å². The molecule has 0 spiro atoms. The quantitative estimate of drug-likeness (QED) is 0.471. The SMILES string of the molecule is O=[N+]([O-])c1ccc(F)c(-c2nc(I)no2)c1F. The second-order valence-electron chi connectivity index (χ2n) is 2.88. The van der Waals surface area contributed by atoms with Crippen LogP contribution in [0.15, 0.2) is 16.7 Å². The van der Waals surface area contributed by atoms with Crippen molar-refractivity contribution in [2.75, 3.05) is 0 Å². The van der Waals surface area contributed by atoms with Crippen molar-refractivity contribution in [3.63, 3.8) is 0 Å². The molecule has 2 rings (SSSR count). The summed E-state index contributed by atoms with van der Waals surface area (Å²) >= 11 is 1.68. The highest BCUT2D eigenvalue weighted by Crippen LogP contribution is 2.30. The number of nitro benzene ring substituents is 1. The molecule has 0 fully saturated rings.